The summed E-state index contributed by atoms with van der Waals surface area (Å²) in [5.74, 6) is 0.988. The van der Waals surface area contributed by atoms with Gasteiger partial charge in [0.25, 0.3) is 0 Å². The van der Waals surface area contributed by atoms with Crippen LogP contribution >= 0.6 is 0 Å². The Morgan fingerprint density at radius 2 is 2.20 bits per heavy atom. The molecule has 1 amide bonds. The van der Waals surface area contributed by atoms with Crippen molar-refractivity contribution in [2.45, 2.75) is 19.3 Å². The van der Waals surface area contributed by atoms with Gasteiger partial charge in [-0.2, -0.15) is 0 Å². The lowest BCUT2D eigenvalue weighted by Gasteiger charge is -2.33. The highest BCUT2D eigenvalue weighted by Crippen LogP contribution is 2.24. The van der Waals surface area contributed by atoms with E-state index >= 15 is 0 Å². The molecule has 0 spiro atoms. The third kappa shape index (κ3) is 2.68. The van der Waals surface area contributed by atoms with E-state index in [0.717, 1.165) is 37.3 Å². The van der Waals surface area contributed by atoms with Crippen molar-refractivity contribution in [3.05, 3.63) is 24.5 Å². The molecule has 3 heterocycles. The van der Waals surface area contributed by atoms with Gasteiger partial charge in [-0.25, -0.2) is 9.97 Å². The quantitative estimate of drug-likeness (QED) is 0.904. The summed E-state index contributed by atoms with van der Waals surface area (Å²) in [5, 5.41) is 0. The van der Waals surface area contributed by atoms with Crippen LogP contribution < -0.4 is 10.6 Å². The van der Waals surface area contributed by atoms with Crippen LogP contribution in [0.1, 0.15) is 19.3 Å². The summed E-state index contributed by atoms with van der Waals surface area (Å²) in [6.07, 6.45) is 5.85. The highest BCUT2D eigenvalue weighted by atomic mass is 16.1. The van der Waals surface area contributed by atoms with Gasteiger partial charge in [0.2, 0.25) is 5.91 Å². The minimum atomic E-state index is -0.228. The largest absolute Gasteiger partial charge is 0.370 e. The maximum Gasteiger partial charge on any atom is 0.217 e. The van der Waals surface area contributed by atoms with Gasteiger partial charge in [-0.1, -0.05) is 0 Å². The number of nitrogens with zero attached hydrogens (tertiary/aromatic N) is 4. The lowest BCUT2D eigenvalue weighted by atomic mass is 9.94. The number of fused-ring (bicyclic) bond motifs is 1. The van der Waals surface area contributed by atoms with Gasteiger partial charge in [-0.3, -0.25) is 9.78 Å². The first-order chi connectivity index (χ1) is 9.72. The van der Waals surface area contributed by atoms with E-state index in [4.69, 9.17) is 5.73 Å². The second-order valence-electron chi connectivity index (χ2n) is 5.19. The molecule has 0 aliphatic carbocycles. The molecule has 3 rings (SSSR count). The van der Waals surface area contributed by atoms with E-state index in [9.17, 15) is 4.79 Å². The molecule has 6 nitrogen and oxygen atoms in total. The Morgan fingerprint density at radius 3 is 3.05 bits per heavy atom. The number of primary amides is 1. The summed E-state index contributed by atoms with van der Waals surface area (Å²) in [5.41, 5.74) is 6.74. The second-order valence-corrected chi connectivity index (χ2v) is 5.19. The third-order valence-corrected chi connectivity index (χ3v) is 3.65. The number of rotatable bonds is 3. The molecule has 1 fully saturated rings. The van der Waals surface area contributed by atoms with E-state index in [0.29, 0.717) is 18.0 Å². The average molecular weight is 271 g/mol. The smallest absolute Gasteiger partial charge is 0.217 e. The number of hydrogen-bond acceptors (Lipinski definition) is 5. The number of piperidine rings is 1. The normalized spacial score (nSPS) is 19.2. The minimum Gasteiger partial charge on any atom is -0.370 e. The zero-order valence-corrected chi connectivity index (χ0v) is 11.2. The number of nitrogens with two attached hydrogens (primary N) is 1. The summed E-state index contributed by atoms with van der Waals surface area (Å²) in [4.78, 5) is 26.3. The van der Waals surface area contributed by atoms with E-state index in [1.807, 2.05) is 12.1 Å². The predicted molar refractivity (Wildman–Crippen MR) is 76.1 cm³/mol. The van der Waals surface area contributed by atoms with E-state index in [1.165, 1.54) is 0 Å². The number of pyridine rings is 1. The Hall–Kier alpha value is -2.24. The summed E-state index contributed by atoms with van der Waals surface area (Å²) in [6.45, 7) is 1.77. The molecule has 2 aromatic heterocycles. The summed E-state index contributed by atoms with van der Waals surface area (Å²) in [7, 11) is 0. The van der Waals surface area contributed by atoms with Crippen molar-refractivity contribution < 1.29 is 4.79 Å². The van der Waals surface area contributed by atoms with Crippen LogP contribution in [0.25, 0.3) is 11.2 Å². The fourth-order valence-electron chi connectivity index (χ4n) is 2.74. The Morgan fingerprint density at radius 1 is 1.35 bits per heavy atom. The monoisotopic (exact) mass is 271 g/mol. The number of carbonyl (C=O) groups excluding carboxylic acids is 1. The maximum atomic E-state index is 11.1. The molecule has 104 valence electrons. The topological polar surface area (TPSA) is 85.0 Å². The van der Waals surface area contributed by atoms with Gasteiger partial charge in [-0.05, 0) is 30.9 Å². The molecule has 1 atom stereocenters. The van der Waals surface area contributed by atoms with Crippen LogP contribution in [-0.2, 0) is 4.79 Å². The zero-order valence-electron chi connectivity index (χ0n) is 11.2. The number of carbonyl (C=O) groups is 1. The standard InChI is InChI=1S/C14H17N5O/c15-12(20)8-10-2-1-7-19(9-10)13-4-3-11-14(18-13)17-6-5-16-11/h3-6,10H,1-2,7-9H2,(H2,15,20). The lowest BCUT2D eigenvalue weighted by molar-refractivity contribution is -0.118. The summed E-state index contributed by atoms with van der Waals surface area (Å²) < 4.78 is 0. The fourth-order valence-corrected chi connectivity index (χ4v) is 2.74. The van der Waals surface area contributed by atoms with Crippen molar-refractivity contribution in [2.24, 2.45) is 11.7 Å². The van der Waals surface area contributed by atoms with Crippen molar-refractivity contribution in [1.29, 1.82) is 0 Å². The van der Waals surface area contributed by atoms with Gasteiger partial charge >= 0.3 is 0 Å². The van der Waals surface area contributed by atoms with Crippen molar-refractivity contribution in [2.75, 3.05) is 18.0 Å². The van der Waals surface area contributed by atoms with Crippen molar-refractivity contribution in [3.8, 4) is 0 Å². The van der Waals surface area contributed by atoms with Crippen molar-refractivity contribution in [1.82, 2.24) is 15.0 Å². The van der Waals surface area contributed by atoms with Gasteiger partial charge in [-0.15, -0.1) is 0 Å². The van der Waals surface area contributed by atoms with Crippen LogP contribution in [0.4, 0.5) is 5.82 Å². The van der Waals surface area contributed by atoms with Gasteiger partial charge in [0.15, 0.2) is 5.65 Å². The third-order valence-electron chi connectivity index (χ3n) is 3.65. The predicted octanol–water partition coefficient (Wildman–Crippen LogP) is 1.12. The Labute approximate surface area is 117 Å². The first-order valence-corrected chi connectivity index (χ1v) is 6.83. The van der Waals surface area contributed by atoms with Crippen molar-refractivity contribution in [3.63, 3.8) is 0 Å². The van der Waals surface area contributed by atoms with Gasteiger partial charge in [0.05, 0.1) is 0 Å². The van der Waals surface area contributed by atoms with E-state index < -0.39 is 0 Å². The van der Waals surface area contributed by atoms with E-state index in [1.54, 1.807) is 12.4 Å². The first kappa shape index (κ1) is 12.8. The van der Waals surface area contributed by atoms with Gasteiger partial charge in [0, 0.05) is 31.9 Å². The molecule has 0 radical (unpaired) electrons. The highest BCUT2D eigenvalue weighted by Gasteiger charge is 2.22. The van der Waals surface area contributed by atoms with Crippen LogP contribution in [0, 0.1) is 5.92 Å². The molecule has 2 N–H and O–H groups in total. The van der Waals surface area contributed by atoms with Crippen LogP contribution in [0.3, 0.4) is 0 Å². The SMILES string of the molecule is NC(=O)CC1CCCN(c2ccc3nccnc3n2)C1. The Kier molecular flexibility index (Phi) is 3.45. The molecule has 2 aromatic rings. The lowest BCUT2D eigenvalue weighted by Crippen LogP contribution is -2.37. The molecule has 0 saturated carbocycles. The van der Waals surface area contributed by atoms with Gasteiger partial charge in [0.1, 0.15) is 11.3 Å². The van der Waals surface area contributed by atoms with Crippen LogP contribution in [-0.4, -0.2) is 33.9 Å². The van der Waals surface area contributed by atoms with E-state index in [-0.39, 0.29) is 5.91 Å². The van der Waals surface area contributed by atoms with Crippen LogP contribution in [0.5, 0.6) is 0 Å². The van der Waals surface area contributed by atoms with E-state index in [2.05, 4.69) is 19.9 Å². The summed E-state index contributed by atoms with van der Waals surface area (Å²) in [6, 6.07) is 3.89. The molecule has 6 heteroatoms. The number of hydrogen-bond donors (Lipinski definition) is 1. The molecule has 1 aliphatic heterocycles. The Bertz CT molecular complexity index is 630. The fraction of sp³-hybridized carbons (Fsp3) is 0.429. The molecule has 1 saturated heterocycles. The minimum absolute atomic E-state index is 0.228. The van der Waals surface area contributed by atoms with Crippen LogP contribution in [0.15, 0.2) is 24.5 Å². The molecular weight excluding hydrogens is 254 g/mol. The van der Waals surface area contributed by atoms with Crippen molar-refractivity contribution >= 4 is 22.9 Å². The first-order valence-electron chi connectivity index (χ1n) is 6.83. The summed E-state index contributed by atoms with van der Waals surface area (Å²) >= 11 is 0. The highest BCUT2D eigenvalue weighted by molar-refractivity contribution is 5.74. The molecular formula is C14H17N5O. The number of aromatic nitrogens is 3. The van der Waals surface area contributed by atoms with Crippen LogP contribution in [0.2, 0.25) is 0 Å². The number of anilines is 1. The maximum absolute atomic E-state index is 11.1. The molecule has 0 aromatic carbocycles. The average Bonchev–Trinajstić information content (AvgIpc) is 2.46. The van der Waals surface area contributed by atoms with Gasteiger partial charge < -0.3 is 10.6 Å². The number of amides is 1. The zero-order chi connectivity index (χ0) is 13.9. The second kappa shape index (κ2) is 5.40. The molecule has 20 heavy (non-hydrogen) atoms. The Balaban J connectivity index is 1.81. The molecule has 1 aliphatic rings. The molecule has 1 unspecified atom stereocenters. The molecule has 0 bridgehead atoms.